The Morgan fingerprint density at radius 1 is 1.33 bits per heavy atom. The molecule has 1 amide bonds. The molecule has 0 spiro atoms. The molecule has 21 heavy (non-hydrogen) atoms. The zero-order chi connectivity index (χ0) is 15.2. The van der Waals surface area contributed by atoms with Gasteiger partial charge in [-0.15, -0.1) is 0 Å². The molecule has 0 radical (unpaired) electrons. The number of nitrogens with one attached hydrogen (secondary N) is 1. The Labute approximate surface area is 143 Å². The second-order valence-electron chi connectivity index (χ2n) is 3.97. The molecule has 1 aromatic heterocycles. The molecule has 110 valence electrons. The lowest BCUT2D eigenvalue weighted by Gasteiger charge is -2.10. The van der Waals surface area contributed by atoms with Crippen molar-refractivity contribution in [3.8, 4) is 5.75 Å². The van der Waals surface area contributed by atoms with Crippen molar-refractivity contribution in [2.45, 2.75) is 5.03 Å². The molecule has 0 saturated carbocycles. The Balaban J connectivity index is 1.99. The molecule has 7 heteroatoms. The Kier molecular flexibility index (Phi) is 6.08. The number of amides is 1. The van der Waals surface area contributed by atoms with Gasteiger partial charge in [0.05, 0.1) is 28.0 Å². The first-order valence-electron chi connectivity index (χ1n) is 5.97. The van der Waals surface area contributed by atoms with Crippen LogP contribution in [0, 0.1) is 0 Å². The molecular formula is C14H12Br2N2O2S. The monoisotopic (exact) mass is 430 g/mol. The molecular weight excluding hydrogens is 420 g/mol. The minimum atomic E-state index is -0.101. The fourth-order valence-corrected chi connectivity index (χ4v) is 3.46. The predicted molar refractivity (Wildman–Crippen MR) is 92.0 cm³/mol. The van der Waals surface area contributed by atoms with Crippen molar-refractivity contribution in [3.63, 3.8) is 0 Å². The van der Waals surface area contributed by atoms with Gasteiger partial charge in [-0.2, -0.15) is 0 Å². The lowest BCUT2D eigenvalue weighted by molar-refractivity contribution is -0.113. The standard InChI is InChI=1S/C14H12Br2N2O2S/c1-20-12-7-11(9(15)6-10(12)16)18-13(19)8-21-14-4-2-3-5-17-14/h2-7H,8H2,1H3,(H,18,19). The number of pyridine rings is 1. The molecule has 1 heterocycles. The first-order valence-corrected chi connectivity index (χ1v) is 8.54. The number of ether oxygens (including phenoxy) is 1. The van der Waals surface area contributed by atoms with Crippen LogP contribution in [0.4, 0.5) is 5.69 Å². The van der Waals surface area contributed by atoms with Gasteiger partial charge in [-0.05, 0) is 50.1 Å². The number of rotatable bonds is 5. The highest BCUT2D eigenvalue weighted by atomic mass is 79.9. The topological polar surface area (TPSA) is 51.2 Å². The van der Waals surface area contributed by atoms with E-state index < -0.39 is 0 Å². The van der Waals surface area contributed by atoms with Crippen molar-refractivity contribution in [3.05, 3.63) is 45.5 Å². The molecule has 0 aliphatic carbocycles. The van der Waals surface area contributed by atoms with Gasteiger partial charge in [0.15, 0.2) is 0 Å². The maximum atomic E-state index is 12.0. The van der Waals surface area contributed by atoms with E-state index in [-0.39, 0.29) is 5.91 Å². The average Bonchev–Trinajstić information content (AvgIpc) is 2.49. The fourth-order valence-electron chi connectivity index (χ4n) is 1.54. The van der Waals surface area contributed by atoms with Crippen LogP contribution in [-0.4, -0.2) is 23.8 Å². The highest BCUT2D eigenvalue weighted by Crippen LogP contribution is 2.34. The van der Waals surface area contributed by atoms with Crippen molar-refractivity contribution in [2.24, 2.45) is 0 Å². The average molecular weight is 432 g/mol. The summed E-state index contributed by atoms with van der Waals surface area (Å²) in [5.41, 5.74) is 0.668. The number of nitrogens with zero attached hydrogens (tertiary/aromatic N) is 1. The molecule has 0 aliphatic rings. The zero-order valence-corrected chi connectivity index (χ0v) is 15.1. The summed E-state index contributed by atoms with van der Waals surface area (Å²) in [6.45, 7) is 0. The SMILES string of the molecule is COc1cc(NC(=O)CSc2ccccn2)c(Br)cc1Br. The summed E-state index contributed by atoms with van der Waals surface area (Å²) in [6.07, 6.45) is 1.70. The summed E-state index contributed by atoms with van der Waals surface area (Å²) in [4.78, 5) is 16.2. The van der Waals surface area contributed by atoms with Gasteiger partial charge >= 0.3 is 0 Å². The normalized spacial score (nSPS) is 10.2. The number of thioether (sulfide) groups is 1. The molecule has 0 unspecified atom stereocenters. The van der Waals surface area contributed by atoms with Crippen molar-refractivity contribution in [1.82, 2.24) is 4.98 Å². The van der Waals surface area contributed by atoms with Crippen LogP contribution in [0.5, 0.6) is 5.75 Å². The summed E-state index contributed by atoms with van der Waals surface area (Å²) in [5, 5.41) is 3.67. The third-order valence-electron chi connectivity index (χ3n) is 2.50. The lowest BCUT2D eigenvalue weighted by Crippen LogP contribution is -2.14. The van der Waals surface area contributed by atoms with E-state index in [1.807, 2.05) is 24.3 Å². The number of carbonyl (C=O) groups is 1. The van der Waals surface area contributed by atoms with Gasteiger partial charge in [0.1, 0.15) is 5.75 Å². The van der Waals surface area contributed by atoms with E-state index in [0.29, 0.717) is 17.2 Å². The molecule has 0 bridgehead atoms. The molecule has 0 atom stereocenters. The quantitative estimate of drug-likeness (QED) is 0.715. The van der Waals surface area contributed by atoms with E-state index >= 15 is 0 Å². The summed E-state index contributed by atoms with van der Waals surface area (Å²) in [5.74, 6) is 0.851. The molecule has 0 aliphatic heterocycles. The smallest absolute Gasteiger partial charge is 0.234 e. The fraction of sp³-hybridized carbons (Fsp3) is 0.143. The lowest BCUT2D eigenvalue weighted by atomic mass is 10.3. The van der Waals surface area contributed by atoms with Crippen LogP contribution >= 0.6 is 43.6 Å². The minimum Gasteiger partial charge on any atom is -0.495 e. The zero-order valence-electron chi connectivity index (χ0n) is 11.1. The number of benzene rings is 1. The predicted octanol–water partition coefficient (Wildman–Crippen LogP) is 4.35. The highest BCUT2D eigenvalue weighted by molar-refractivity contribution is 9.11. The van der Waals surface area contributed by atoms with Gasteiger partial charge in [-0.25, -0.2) is 4.98 Å². The second kappa shape index (κ2) is 7.82. The maximum absolute atomic E-state index is 12.0. The number of hydrogen-bond acceptors (Lipinski definition) is 4. The number of methoxy groups -OCH3 is 1. The van der Waals surface area contributed by atoms with Gasteiger partial charge in [0, 0.05) is 16.7 Å². The Hall–Kier alpha value is -1.05. The van der Waals surface area contributed by atoms with E-state index in [4.69, 9.17) is 4.74 Å². The first kappa shape index (κ1) is 16.3. The molecule has 0 saturated heterocycles. The molecule has 1 aromatic carbocycles. The van der Waals surface area contributed by atoms with Crippen LogP contribution in [0.3, 0.4) is 0 Å². The molecule has 1 N–H and O–H groups in total. The third kappa shape index (κ3) is 4.72. The van der Waals surface area contributed by atoms with E-state index in [1.165, 1.54) is 11.8 Å². The Bertz CT molecular complexity index is 638. The van der Waals surface area contributed by atoms with Crippen LogP contribution in [-0.2, 0) is 4.79 Å². The largest absolute Gasteiger partial charge is 0.495 e. The van der Waals surface area contributed by atoms with Crippen LogP contribution in [0.25, 0.3) is 0 Å². The van der Waals surface area contributed by atoms with Gasteiger partial charge in [0.25, 0.3) is 0 Å². The maximum Gasteiger partial charge on any atom is 0.234 e. The van der Waals surface area contributed by atoms with Gasteiger partial charge < -0.3 is 10.1 Å². The van der Waals surface area contributed by atoms with E-state index in [9.17, 15) is 4.79 Å². The number of halogens is 2. The van der Waals surface area contributed by atoms with Gasteiger partial charge in [0.2, 0.25) is 5.91 Å². The van der Waals surface area contributed by atoms with Crippen LogP contribution in [0.1, 0.15) is 0 Å². The van der Waals surface area contributed by atoms with Crippen molar-refractivity contribution in [2.75, 3.05) is 18.2 Å². The summed E-state index contributed by atoms with van der Waals surface area (Å²) < 4.78 is 6.82. The Morgan fingerprint density at radius 3 is 2.81 bits per heavy atom. The van der Waals surface area contributed by atoms with Crippen LogP contribution in [0.15, 0.2) is 50.5 Å². The third-order valence-corrected chi connectivity index (χ3v) is 4.72. The van der Waals surface area contributed by atoms with Gasteiger partial charge in [-0.1, -0.05) is 17.8 Å². The highest BCUT2D eigenvalue weighted by Gasteiger charge is 2.10. The first-order chi connectivity index (χ1) is 10.1. The summed E-state index contributed by atoms with van der Waals surface area (Å²) in [7, 11) is 1.58. The van der Waals surface area contributed by atoms with Crippen molar-refractivity contribution < 1.29 is 9.53 Å². The van der Waals surface area contributed by atoms with Gasteiger partial charge in [-0.3, -0.25) is 4.79 Å². The summed E-state index contributed by atoms with van der Waals surface area (Å²) in [6, 6.07) is 9.20. The van der Waals surface area contributed by atoms with Crippen molar-refractivity contribution >= 4 is 55.2 Å². The molecule has 2 aromatic rings. The number of hydrogen-bond donors (Lipinski definition) is 1. The van der Waals surface area contributed by atoms with E-state index in [0.717, 1.165) is 14.0 Å². The van der Waals surface area contributed by atoms with Crippen LogP contribution in [0.2, 0.25) is 0 Å². The number of carbonyl (C=O) groups excluding carboxylic acids is 1. The Morgan fingerprint density at radius 2 is 2.14 bits per heavy atom. The molecule has 4 nitrogen and oxygen atoms in total. The molecule has 0 fully saturated rings. The van der Waals surface area contributed by atoms with E-state index in [2.05, 4.69) is 42.2 Å². The molecule has 2 rings (SSSR count). The van der Waals surface area contributed by atoms with Crippen molar-refractivity contribution in [1.29, 1.82) is 0 Å². The second-order valence-corrected chi connectivity index (χ2v) is 6.68. The number of aromatic nitrogens is 1. The summed E-state index contributed by atoms with van der Waals surface area (Å²) >= 11 is 8.19. The van der Waals surface area contributed by atoms with Crippen LogP contribution < -0.4 is 10.1 Å². The van der Waals surface area contributed by atoms with E-state index in [1.54, 1.807) is 19.4 Å². The minimum absolute atomic E-state index is 0.101. The number of anilines is 1.